The van der Waals surface area contributed by atoms with Gasteiger partial charge in [0.2, 0.25) is 5.91 Å². The molecule has 176 valence electrons. The van der Waals surface area contributed by atoms with Crippen molar-refractivity contribution in [1.82, 2.24) is 14.9 Å². The van der Waals surface area contributed by atoms with Crippen molar-refractivity contribution < 1.29 is 14.3 Å². The topological polar surface area (TPSA) is 90.3 Å². The fourth-order valence-electron chi connectivity index (χ4n) is 3.19. The molecule has 2 amide bonds. The first-order chi connectivity index (χ1) is 16.0. The summed E-state index contributed by atoms with van der Waals surface area (Å²) in [5.74, 6) is 1.03. The normalized spacial score (nSPS) is 17.1. The predicted octanol–water partition coefficient (Wildman–Crippen LogP) is 5.01. The van der Waals surface area contributed by atoms with E-state index in [1.807, 2.05) is 70.2 Å². The van der Waals surface area contributed by atoms with E-state index in [1.165, 1.54) is 4.57 Å². The van der Waals surface area contributed by atoms with Crippen molar-refractivity contribution in [3.8, 4) is 0 Å². The summed E-state index contributed by atoms with van der Waals surface area (Å²) in [4.78, 5) is 40.1. The fraction of sp³-hybridized carbons (Fsp3) is 0.360. The quantitative estimate of drug-likeness (QED) is 0.662. The molecule has 0 bridgehead atoms. The zero-order valence-electron chi connectivity index (χ0n) is 19.8. The second-order valence-corrected chi connectivity index (χ2v) is 7.94. The van der Waals surface area contributed by atoms with Crippen molar-refractivity contribution in [3.63, 3.8) is 0 Å². The molecule has 7 nitrogen and oxygen atoms in total. The molecular formula is C25H31N3O4S. The van der Waals surface area contributed by atoms with Gasteiger partial charge in [0, 0.05) is 13.5 Å². The standard InChI is InChI=1S/C21H19N3O4S.2C2H6/c1-24-18(22-16-8-3-2-7-15(16)20(24)26)12-28-14-6-4-5-13(9-10-14)11-17-19(25)23-21(27)29-17;2*1-2/h2-5,7-10,17H,6,11-12H2,1H3,(H,23,25,27);2*1-2H3. The summed E-state index contributed by atoms with van der Waals surface area (Å²) in [6.07, 6.45) is 8.70. The Morgan fingerprint density at radius 1 is 1.12 bits per heavy atom. The van der Waals surface area contributed by atoms with Crippen LogP contribution in [0.3, 0.4) is 0 Å². The lowest BCUT2D eigenvalue weighted by molar-refractivity contribution is -0.118. The van der Waals surface area contributed by atoms with Crippen LogP contribution in [0, 0.1) is 0 Å². The first-order valence-corrected chi connectivity index (χ1v) is 12.0. The Bertz CT molecular complexity index is 1150. The van der Waals surface area contributed by atoms with E-state index in [1.54, 1.807) is 13.1 Å². The second kappa shape index (κ2) is 12.8. The molecule has 1 aromatic carbocycles. The van der Waals surface area contributed by atoms with Gasteiger partial charge in [0.25, 0.3) is 10.8 Å². The Kier molecular flexibility index (Phi) is 10.1. The molecule has 0 spiro atoms. The molecule has 1 unspecified atom stereocenters. The van der Waals surface area contributed by atoms with Crippen LogP contribution in [0.1, 0.15) is 46.4 Å². The van der Waals surface area contributed by atoms with Crippen LogP contribution in [0.25, 0.3) is 10.9 Å². The monoisotopic (exact) mass is 469 g/mol. The van der Waals surface area contributed by atoms with Gasteiger partial charge >= 0.3 is 0 Å². The lowest BCUT2D eigenvalue weighted by atomic mass is 10.1. The molecule has 1 atom stereocenters. The van der Waals surface area contributed by atoms with Crippen LogP contribution < -0.4 is 10.9 Å². The maximum absolute atomic E-state index is 12.5. The zero-order valence-corrected chi connectivity index (χ0v) is 20.6. The number of carbonyl (C=O) groups is 2. The van der Waals surface area contributed by atoms with E-state index in [4.69, 9.17) is 4.74 Å². The number of rotatable bonds is 5. The van der Waals surface area contributed by atoms with Crippen LogP contribution in [0.5, 0.6) is 0 Å². The highest BCUT2D eigenvalue weighted by Crippen LogP contribution is 2.27. The van der Waals surface area contributed by atoms with Crippen LogP contribution >= 0.6 is 11.8 Å². The maximum Gasteiger partial charge on any atom is 0.286 e. The maximum atomic E-state index is 12.5. The molecule has 1 saturated heterocycles. The highest BCUT2D eigenvalue weighted by Gasteiger charge is 2.31. The van der Waals surface area contributed by atoms with Gasteiger partial charge < -0.3 is 4.74 Å². The van der Waals surface area contributed by atoms with Gasteiger partial charge in [0.05, 0.1) is 16.2 Å². The molecule has 0 saturated carbocycles. The Morgan fingerprint density at radius 2 is 1.85 bits per heavy atom. The number of nitrogens with zero attached hydrogens (tertiary/aromatic N) is 2. The zero-order chi connectivity index (χ0) is 24.4. The van der Waals surface area contributed by atoms with Crippen molar-refractivity contribution in [1.29, 1.82) is 0 Å². The Balaban J connectivity index is 0.000000914. The van der Waals surface area contributed by atoms with Gasteiger partial charge in [-0.1, -0.05) is 69.8 Å². The van der Waals surface area contributed by atoms with E-state index in [2.05, 4.69) is 10.3 Å². The minimum absolute atomic E-state index is 0.104. The van der Waals surface area contributed by atoms with E-state index < -0.39 is 5.25 Å². The van der Waals surface area contributed by atoms with Gasteiger partial charge in [-0.25, -0.2) is 4.98 Å². The lowest BCUT2D eigenvalue weighted by Crippen LogP contribution is -2.24. The number of amides is 2. The molecule has 2 aliphatic rings. The highest BCUT2D eigenvalue weighted by atomic mass is 32.2. The number of allylic oxidation sites excluding steroid dienone is 5. The van der Waals surface area contributed by atoms with Gasteiger partial charge in [-0.2, -0.15) is 0 Å². The minimum Gasteiger partial charge on any atom is -0.490 e. The van der Waals surface area contributed by atoms with Gasteiger partial charge in [0.15, 0.2) is 0 Å². The number of fused-ring (bicyclic) bond motifs is 1. The Hall–Kier alpha value is -3.13. The summed E-state index contributed by atoms with van der Waals surface area (Å²) in [5.41, 5.74) is 1.49. The van der Waals surface area contributed by atoms with Crippen molar-refractivity contribution in [2.24, 2.45) is 7.05 Å². The molecule has 1 aliphatic carbocycles. The van der Waals surface area contributed by atoms with Crippen molar-refractivity contribution in [2.45, 2.75) is 52.4 Å². The SMILES string of the molecule is CC.CC.Cn1c(COC2=CC=C(CC3SC(=O)NC3=O)C=CC2)nc2ccccc2c1=O. The van der Waals surface area contributed by atoms with E-state index >= 15 is 0 Å². The molecule has 0 radical (unpaired) electrons. The van der Waals surface area contributed by atoms with Crippen LogP contribution in [0.4, 0.5) is 4.79 Å². The third kappa shape index (κ3) is 6.68. The number of hydrogen-bond acceptors (Lipinski definition) is 6. The Morgan fingerprint density at radius 3 is 2.55 bits per heavy atom. The number of nitrogens with one attached hydrogen (secondary N) is 1. The third-order valence-electron chi connectivity index (χ3n) is 4.78. The number of carbonyl (C=O) groups excluding carboxylic acids is 2. The van der Waals surface area contributed by atoms with Gasteiger partial charge in [0.1, 0.15) is 18.2 Å². The molecule has 1 N–H and O–H groups in total. The minimum atomic E-state index is -0.398. The molecule has 1 fully saturated rings. The number of hydrogen-bond donors (Lipinski definition) is 1. The fourth-order valence-corrected chi connectivity index (χ4v) is 4.04. The smallest absolute Gasteiger partial charge is 0.286 e. The molecule has 1 aliphatic heterocycles. The first-order valence-electron chi connectivity index (χ1n) is 11.2. The summed E-state index contributed by atoms with van der Waals surface area (Å²) in [5, 5.41) is 2.18. The Labute approximate surface area is 198 Å². The number of aromatic nitrogens is 2. The van der Waals surface area contributed by atoms with E-state index in [-0.39, 0.29) is 23.3 Å². The molecule has 2 heterocycles. The summed E-state index contributed by atoms with van der Waals surface area (Å²) < 4.78 is 7.40. The van der Waals surface area contributed by atoms with Gasteiger partial charge in [-0.15, -0.1) is 0 Å². The molecular weight excluding hydrogens is 438 g/mol. The van der Waals surface area contributed by atoms with Crippen molar-refractivity contribution in [2.75, 3.05) is 0 Å². The number of imide groups is 1. The van der Waals surface area contributed by atoms with E-state index in [0.717, 1.165) is 23.1 Å². The summed E-state index contributed by atoms with van der Waals surface area (Å²) in [6, 6.07) is 7.24. The van der Waals surface area contributed by atoms with Crippen LogP contribution in [0.15, 0.2) is 64.7 Å². The van der Waals surface area contributed by atoms with Crippen molar-refractivity contribution >= 4 is 33.8 Å². The number of para-hydroxylation sites is 1. The molecule has 1 aromatic heterocycles. The highest BCUT2D eigenvalue weighted by molar-refractivity contribution is 8.15. The van der Waals surface area contributed by atoms with Crippen LogP contribution in [0.2, 0.25) is 0 Å². The summed E-state index contributed by atoms with van der Waals surface area (Å²) in [7, 11) is 1.69. The van der Waals surface area contributed by atoms with Gasteiger partial charge in [-0.05, 0) is 30.2 Å². The first kappa shape index (κ1) is 26.1. The van der Waals surface area contributed by atoms with Gasteiger partial charge in [-0.3, -0.25) is 24.3 Å². The summed E-state index contributed by atoms with van der Waals surface area (Å²) >= 11 is 1.02. The number of thioether (sulfide) groups is 1. The number of benzene rings is 1. The number of ether oxygens (including phenoxy) is 1. The molecule has 2 aromatic rings. The molecule has 8 heteroatoms. The van der Waals surface area contributed by atoms with Crippen molar-refractivity contribution in [3.05, 3.63) is 76.1 Å². The van der Waals surface area contributed by atoms with Crippen LogP contribution in [-0.4, -0.2) is 25.9 Å². The van der Waals surface area contributed by atoms with E-state index in [0.29, 0.717) is 29.6 Å². The predicted molar refractivity (Wildman–Crippen MR) is 134 cm³/mol. The summed E-state index contributed by atoms with van der Waals surface area (Å²) in [6.45, 7) is 8.18. The lowest BCUT2D eigenvalue weighted by Gasteiger charge is -2.11. The average molecular weight is 470 g/mol. The third-order valence-corrected chi connectivity index (χ3v) is 5.77. The second-order valence-electron chi connectivity index (χ2n) is 6.77. The molecule has 4 rings (SSSR count). The average Bonchev–Trinajstić information content (AvgIpc) is 3.01. The van der Waals surface area contributed by atoms with E-state index in [9.17, 15) is 14.4 Å². The molecule has 33 heavy (non-hydrogen) atoms. The van der Waals surface area contributed by atoms with Crippen LogP contribution in [-0.2, 0) is 23.2 Å². The largest absolute Gasteiger partial charge is 0.490 e.